The lowest BCUT2D eigenvalue weighted by Gasteiger charge is -2.28. The Hall–Kier alpha value is -3.88. The topological polar surface area (TPSA) is 56.1 Å². The van der Waals surface area contributed by atoms with Gasteiger partial charge in [-0.1, -0.05) is 12.1 Å². The Bertz CT molecular complexity index is 1410. The molecule has 0 aliphatic carbocycles. The Morgan fingerprint density at radius 3 is 2.31 bits per heavy atom. The molecule has 1 amide bonds. The summed E-state index contributed by atoms with van der Waals surface area (Å²) in [6.07, 6.45) is -4.28. The molecule has 1 N–H and O–H groups in total. The molecule has 188 valence electrons. The number of benzene rings is 3. The normalized spacial score (nSPS) is 13.4. The largest absolute Gasteiger partial charge is 0.484 e. The average Bonchev–Trinajstić information content (AvgIpc) is 3.23. The van der Waals surface area contributed by atoms with Crippen LogP contribution < -0.4 is 10.1 Å². The van der Waals surface area contributed by atoms with Crippen LogP contribution in [0.1, 0.15) is 35.3 Å². The van der Waals surface area contributed by atoms with E-state index in [4.69, 9.17) is 4.74 Å². The minimum absolute atomic E-state index is 0.356. The lowest BCUT2D eigenvalue weighted by Crippen LogP contribution is -2.45. The van der Waals surface area contributed by atoms with E-state index in [0.717, 1.165) is 27.6 Å². The van der Waals surface area contributed by atoms with Crippen molar-refractivity contribution in [2.45, 2.75) is 46.0 Å². The van der Waals surface area contributed by atoms with Crippen LogP contribution in [0.25, 0.3) is 16.6 Å². The van der Waals surface area contributed by atoms with Gasteiger partial charge in [0.25, 0.3) is 0 Å². The number of nitrogens with zero attached hydrogens (tertiary/aromatic N) is 2. The van der Waals surface area contributed by atoms with Gasteiger partial charge in [-0.3, -0.25) is 4.79 Å². The highest BCUT2D eigenvalue weighted by Gasteiger charge is 2.40. The third-order valence-electron chi connectivity index (χ3n) is 6.13. The van der Waals surface area contributed by atoms with Crippen molar-refractivity contribution >= 4 is 16.8 Å². The number of aromatic nitrogens is 2. The molecule has 1 heterocycles. The molecule has 0 aliphatic heterocycles. The van der Waals surface area contributed by atoms with Gasteiger partial charge in [-0.25, -0.2) is 9.07 Å². The van der Waals surface area contributed by atoms with Gasteiger partial charge in [-0.15, -0.1) is 0 Å². The van der Waals surface area contributed by atoms with Crippen molar-refractivity contribution in [1.29, 1.82) is 0 Å². The fourth-order valence-corrected chi connectivity index (χ4v) is 4.11. The Balaban J connectivity index is 1.69. The molecule has 0 unspecified atom stereocenters. The summed E-state index contributed by atoms with van der Waals surface area (Å²) in [5.74, 6) is -1.98. The van der Waals surface area contributed by atoms with E-state index in [1.54, 1.807) is 41.2 Å². The van der Waals surface area contributed by atoms with Gasteiger partial charge in [-0.05, 0) is 92.4 Å². The van der Waals surface area contributed by atoms with Gasteiger partial charge in [0.1, 0.15) is 17.7 Å². The second-order valence-corrected chi connectivity index (χ2v) is 8.84. The van der Waals surface area contributed by atoms with Crippen molar-refractivity contribution < 1.29 is 27.1 Å². The molecule has 9 heteroatoms. The van der Waals surface area contributed by atoms with Crippen LogP contribution >= 0.6 is 0 Å². The van der Waals surface area contributed by atoms with Gasteiger partial charge in [-0.2, -0.15) is 18.3 Å². The first kappa shape index (κ1) is 25.2. The number of hydrogen-bond donors (Lipinski definition) is 1. The van der Waals surface area contributed by atoms with Crippen molar-refractivity contribution in [2.75, 3.05) is 0 Å². The quantitative estimate of drug-likeness (QED) is 0.318. The summed E-state index contributed by atoms with van der Waals surface area (Å²) in [4.78, 5) is 11.7. The zero-order chi connectivity index (χ0) is 26.2. The monoisotopic (exact) mass is 499 g/mol. The minimum atomic E-state index is -5.01. The molecule has 5 nitrogen and oxygen atoms in total. The van der Waals surface area contributed by atoms with Crippen molar-refractivity contribution in [3.63, 3.8) is 0 Å². The molecule has 0 radical (unpaired) electrons. The second-order valence-electron chi connectivity index (χ2n) is 8.84. The fraction of sp³-hybridized carbons (Fsp3) is 0.259. The molecular weight excluding hydrogens is 474 g/mol. The average molecular weight is 500 g/mol. The van der Waals surface area contributed by atoms with Gasteiger partial charge in [0.05, 0.1) is 23.4 Å². The third-order valence-corrected chi connectivity index (χ3v) is 6.13. The number of halogens is 4. The lowest BCUT2D eigenvalue weighted by atomic mass is 9.94. The van der Waals surface area contributed by atoms with Gasteiger partial charge in [0.15, 0.2) is 0 Å². The first-order valence-corrected chi connectivity index (χ1v) is 11.3. The highest BCUT2D eigenvalue weighted by molar-refractivity contribution is 5.82. The highest BCUT2D eigenvalue weighted by atomic mass is 19.4. The maximum atomic E-state index is 13.3. The third kappa shape index (κ3) is 5.19. The van der Waals surface area contributed by atoms with Crippen LogP contribution in [-0.4, -0.2) is 27.9 Å². The first-order valence-electron chi connectivity index (χ1n) is 11.3. The van der Waals surface area contributed by atoms with Gasteiger partial charge < -0.3 is 10.1 Å². The molecule has 0 saturated heterocycles. The summed E-state index contributed by atoms with van der Waals surface area (Å²) in [7, 11) is 0. The number of amides is 1. The molecule has 3 aromatic carbocycles. The predicted molar refractivity (Wildman–Crippen MR) is 129 cm³/mol. The second kappa shape index (κ2) is 9.64. The van der Waals surface area contributed by atoms with Crippen molar-refractivity contribution in [2.24, 2.45) is 0 Å². The Kier molecular flexibility index (Phi) is 6.75. The summed E-state index contributed by atoms with van der Waals surface area (Å²) in [6, 6.07) is 13.9. The number of aryl methyl sites for hydroxylation is 3. The van der Waals surface area contributed by atoms with E-state index >= 15 is 0 Å². The summed E-state index contributed by atoms with van der Waals surface area (Å²) < 4.78 is 60.0. The predicted octanol–water partition coefficient (Wildman–Crippen LogP) is 6.28. The van der Waals surface area contributed by atoms with E-state index in [1.165, 1.54) is 19.1 Å². The summed E-state index contributed by atoms with van der Waals surface area (Å²) in [6.45, 7) is 7.19. The molecule has 4 aromatic rings. The van der Waals surface area contributed by atoms with Crippen LogP contribution in [0, 0.1) is 26.6 Å². The maximum absolute atomic E-state index is 13.3. The Morgan fingerprint density at radius 2 is 1.64 bits per heavy atom. The molecule has 4 rings (SSSR count). The molecule has 0 spiro atoms. The van der Waals surface area contributed by atoms with Crippen LogP contribution in [0.5, 0.6) is 5.75 Å². The molecule has 0 saturated carbocycles. The molecule has 2 atom stereocenters. The smallest absolute Gasteiger partial charge is 0.471 e. The van der Waals surface area contributed by atoms with E-state index in [1.807, 2.05) is 38.2 Å². The molecular formula is C27H25F4N3O2. The zero-order valence-electron chi connectivity index (χ0n) is 20.2. The zero-order valence-corrected chi connectivity index (χ0v) is 20.2. The summed E-state index contributed by atoms with van der Waals surface area (Å²) >= 11 is 0. The fourth-order valence-electron chi connectivity index (χ4n) is 4.11. The van der Waals surface area contributed by atoms with Gasteiger partial charge in [0.2, 0.25) is 0 Å². The Morgan fingerprint density at radius 1 is 0.972 bits per heavy atom. The molecule has 0 aliphatic rings. The SMILES string of the molecule is Cc1cc(C)c([C@H](Oc2ccc3c(cnn3-c3ccc(F)cc3)c2)[C@H](C)NC(=O)C(F)(F)F)cc1C. The van der Waals surface area contributed by atoms with E-state index in [9.17, 15) is 22.4 Å². The molecule has 1 aromatic heterocycles. The van der Waals surface area contributed by atoms with Crippen molar-refractivity contribution in [3.8, 4) is 11.4 Å². The standard InChI is InChI=1S/C27H25F4N3O2/c1-15-11-17(3)23(12-16(15)2)25(18(4)33-26(35)27(29,30)31)36-22-9-10-24-19(13-22)14-32-34(24)21-7-5-20(28)6-8-21/h5-14,18,25H,1-4H3,(H,33,35)/t18-,25+/m0/s1. The Labute approximate surface area is 205 Å². The summed E-state index contributed by atoms with van der Waals surface area (Å²) in [5, 5.41) is 7.12. The number of ether oxygens (including phenoxy) is 1. The molecule has 36 heavy (non-hydrogen) atoms. The summed E-state index contributed by atoms with van der Waals surface area (Å²) in [5.41, 5.74) is 4.92. The van der Waals surface area contributed by atoms with Gasteiger partial charge in [0, 0.05) is 5.39 Å². The van der Waals surface area contributed by atoms with Crippen LogP contribution in [-0.2, 0) is 4.79 Å². The lowest BCUT2D eigenvalue weighted by molar-refractivity contribution is -0.174. The number of carbonyl (C=O) groups excluding carboxylic acids is 1. The number of rotatable bonds is 6. The molecule has 0 fully saturated rings. The number of hydrogen-bond acceptors (Lipinski definition) is 3. The van der Waals surface area contributed by atoms with Crippen LogP contribution in [0.4, 0.5) is 17.6 Å². The van der Waals surface area contributed by atoms with Crippen molar-refractivity contribution in [3.05, 3.63) is 88.9 Å². The maximum Gasteiger partial charge on any atom is 0.471 e. The number of nitrogens with one attached hydrogen (secondary N) is 1. The van der Waals surface area contributed by atoms with E-state index in [2.05, 4.69) is 5.10 Å². The van der Waals surface area contributed by atoms with E-state index in [-0.39, 0.29) is 5.82 Å². The number of alkyl halides is 3. The van der Waals surface area contributed by atoms with Gasteiger partial charge >= 0.3 is 12.1 Å². The highest BCUT2D eigenvalue weighted by Crippen LogP contribution is 2.32. The van der Waals surface area contributed by atoms with E-state index in [0.29, 0.717) is 17.0 Å². The van der Waals surface area contributed by atoms with Crippen LogP contribution in [0.3, 0.4) is 0 Å². The molecule has 0 bridgehead atoms. The minimum Gasteiger partial charge on any atom is -0.484 e. The first-order chi connectivity index (χ1) is 16.9. The van der Waals surface area contributed by atoms with Crippen LogP contribution in [0.15, 0.2) is 60.8 Å². The van der Waals surface area contributed by atoms with E-state index < -0.39 is 24.2 Å². The van der Waals surface area contributed by atoms with Crippen molar-refractivity contribution in [1.82, 2.24) is 15.1 Å². The number of fused-ring (bicyclic) bond motifs is 1. The number of carbonyl (C=O) groups is 1. The van der Waals surface area contributed by atoms with Crippen LogP contribution in [0.2, 0.25) is 0 Å².